The van der Waals surface area contributed by atoms with Gasteiger partial charge < -0.3 is 9.47 Å². The van der Waals surface area contributed by atoms with E-state index >= 15 is 0 Å². The number of halogens is 1. The molecule has 1 saturated heterocycles. The minimum atomic E-state index is -1.05. The molecule has 1 aromatic carbocycles. The molecule has 3 atom stereocenters. The molecule has 0 unspecified atom stereocenters. The van der Waals surface area contributed by atoms with Gasteiger partial charge in [0.15, 0.2) is 5.78 Å². The van der Waals surface area contributed by atoms with Gasteiger partial charge in [-0.1, -0.05) is 34.9 Å². The summed E-state index contributed by atoms with van der Waals surface area (Å²) in [4.78, 5) is 37.6. The van der Waals surface area contributed by atoms with Crippen molar-refractivity contribution in [3.05, 3.63) is 70.3 Å². The lowest BCUT2D eigenvalue weighted by Crippen LogP contribution is -2.43. The largest absolute Gasteiger partial charge is 0.457 e. The zero-order valence-electron chi connectivity index (χ0n) is 18.0. The van der Waals surface area contributed by atoms with E-state index in [4.69, 9.17) is 21.1 Å². The number of carbonyl (C=O) groups is 3. The van der Waals surface area contributed by atoms with Gasteiger partial charge in [-0.2, -0.15) is 0 Å². The molecule has 1 heterocycles. The van der Waals surface area contributed by atoms with E-state index in [0.717, 1.165) is 18.4 Å². The molecular weight excluding hydrogens is 416 g/mol. The van der Waals surface area contributed by atoms with Crippen molar-refractivity contribution in [2.24, 2.45) is 5.41 Å². The summed E-state index contributed by atoms with van der Waals surface area (Å²) in [6, 6.07) is 6.49. The van der Waals surface area contributed by atoms with E-state index in [1.807, 2.05) is 26.8 Å². The molecule has 0 amide bonds. The first-order valence-electron chi connectivity index (χ1n) is 10.4. The summed E-state index contributed by atoms with van der Waals surface area (Å²) in [6.07, 6.45) is 7.55. The highest BCUT2D eigenvalue weighted by atomic mass is 35.5. The fourth-order valence-corrected chi connectivity index (χ4v) is 4.17. The van der Waals surface area contributed by atoms with Crippen molar-refractivity contribution < 1.29 is 23.9 Å². The van der Waals surface area contributed by atoms with Crippen LogP contribution < -0.4 is 0 Å². The van der Waals surface area contributed by atoms with Crippen molar-refractivity contribution in [2.75, 3.05) is 0 Å². The van der Waals surface area contributed by atoms with Crippen molar-refractivity contribution in [1.82, 2.24) is 0 Å². The van der Waals surface area contributed by atoms with Crippen LogP contribution in [0.3, 0.4) is 0 Å². The summed E-state index contributed by atoms with van der Waals surface area (Å²) >= 11 is 5.96. The molecule has 1 aromatic rings. The number of allylic oxidation sites excluding steroid dienone is 4. The van der Waals surface area contributed by atoms with E-state index in [-0.39, 0.29) is 18.6 Å². The first-order valence-corrected chi connectivity index (χ1v) is 10.8. The number of rotatable bonds is 6. The van der Waals surface area contributed by atoms with E-state index < -0.39 is 29.6 Å². The van der Waals surface area contributed by atoms with E-state index in [1.165, 1.54) is 17.7 Å². The number of benzene rings is 1. The lowest BCUT2D eigenvalue weighted by atomic mass is 9.69. The SMILES string of the molecule is CC(C)=CCC/C(C)=C/[C@H]1OC(=O)C[C@]12C[C@H](OC(=O)c1cccc(Cl)c1)C=CC2=O. The van der Waals surface area contributed by atoms with Gasteiger partial charge in [-0.15, -0.1) is 0 Å². The summed E-state index contributed by atoms with van der Waals surface area (Å²) in [5.74, 6) is -1.12. The number of ketones is 1. The number of carbonyl (C=O) groups excluding carboxylic acids is 3. The predicted molar refractivity (Wildman–Crippen MR) is 119 cm³/mol. The molecule has 1 spiro atoms. The first kappa shape index (κ1) is 23.0. The standard InChI is InChI=1S/C25H27ClO5/c1-16(2)6-4-7-17(3)12-22-25(15-23(28)31-22)14-20(10-11-21(25)27)30-24(29)18-8-5-9-19(26)13-18/h5-6,8-13,20,22H,4,7,14-15H2,1-3H3/b17-12+/t20-,22-,25+/m1/s1. The van der Waals surface area contributed by atoms with Gasteiger partial charge in [0, 0.05) is 11.4 Å². The maximum absolute atomic E-state index is 12.9. The quantitative estimate of drug-likeness (QED) is 0.436. The summed E-state index contributed by atoms with van der Waals surface area (Å²) < 4.78 is 11.1. The Morgan fingerprint density at radius 1 is 1.29 bits per heavy atom. The maximum Gasteiger partial charge on any atom is 0.338 e. The second kappa shape index (κ2) is 9.65. The fraction of sp³-hybridized carbons (Fsp3) is 0.400. The van der Waals surface area contributed by atoms with Crippen LogP contribution in [0.2, 0.25) is 5.02 Å². The van der Waals surface area contributed by atoms with Gasteiger partial charge in [0.2, 0.25) is 0 Å². The molecule has 0 saturated carbocycles. The van der Waals surface area contributed by atoms with Crippen molar-refractivity contribution in [3.8, 4) is 0 Å². The molecule has 1 aliphatic carbocycles. The van der Waals surface area contributed by atoms with Crippen LogP contribution in [0.25, 0.3) is 0 Å². The third-order valence-electron chi connectivity index (χ3n) is 5.63. The van der Waals surface area contributed by atoms with Crippen LogP contribution in [0.4, 0.5) is 0 Å². The van der Waals surface area contributed by atoms with Crippen molar-refractivity contribution in [2.45, 2.75) is 58.7 Å². The van der Waals surface area contributed by atoms with Crippen LogP contribution in [0.1, 0.15) is 56.8 Å². The maximum atomic E-state index is 12.9. The van der Waals surface area contributed by atoms with Crippen LogP contribution in [0.15, 0.2) is 59.7 Å². The van der Waals surface area contributed by atoms with Gasteiger partial charge >= 0.3 is 11.9 Å². The van der Waals surface area contributed by atoms with Gasteiger partial charge in [-0.3, -0.25) is 9.59 Å². The monoisotopic (exact) mass is 442 g/mol. The summed E-state index contributed by atoms with van der Waals surface area (Å²) in [7, 11) is 0. The Labute approximate surface area is 187 Å². The van der Waals surface area contributed by atoms with Gasteiger partial charge in [-0.05, 0) is 70.0 Å². The molecule has 0 bridgehead atoms. The molecule has 164 valence electrons. The summed E-state index contributed by atoms with van der Waals surface area (Å²) in [5.41, 5.74) is 1.57. The lowest BCUT2D eigenvalue weighted by Gasteiger charge is -2.34. The third-order valence-corrected chi connectivity index (χ3v) is 5.86. The molecule has 3 rings (SSSR count). The van der Waals surface area contributed by atoms with Crippen LogP contribution >= 0.6 is 11.6 Å². The number of hydrogen-bond donors (Lipinski definition) is 0. The smallest absolute Gasteiger partial charge is 0.338 e. The van der Waals surface area contributed by atoms with Crippen molar-refractivity contribution in [3.63, 3.8) is 0 Å². The minimum Gasteiger partial charge on any atom is -0.457 e. The Morgan fingerprint density at radius 3 is 2.77 bits per heavy atom. The molecule has 1 aliphatic heterocycles. The van der Waals surface area contributed by atoms with E-state index in [0.29, 0.717) is 10.6 Å². The van der Waals surface area contributed by atoms with E-state index in [2.05, 4.69) is 6.08 Å². The zero-order chi connectivity index (χ0) is 22.6. The summed E-state index contributed by atoms with van der Waals surface area (Å²) in [6.45, 7) is 6.06. The first-order chi connectivity index (χ1) is 14.7. The Morgan fingerprint density at radius 2 is 2.06 bits per heavy atom. The number of hydrogen-bond acceptors (Lipinski definition) is 5. The van der Waals surface area contributed by atoms with Crippen molar-refractivity contribution >= 4 is 29.3 Å². The highest BCUT2D eigenvalue weighted by molar-refractivity contribution is 6.30. The minimum absolute atomic E-state index is 0.0240. The normalized spacial score (nSPS) is 25.5. The van der Waals surface area contributed by atoms with E-state index in [1.54, 1.807) is 24.3 Å². The highest BCUT2D eigenvalue weighted by Gasteiger charge is 2.55. The van der Waals surface area contributed by atoms with Crippen LogP contribution in [0.5, 0.6) is 0 Å². The Kier molecular flexibility index (Phi) is 7.16. The molecule has 2 aliphatic rings. The molecule has 1 fully saturated rings. The molecule has 0 radical (unpaired) electrons. The molecule has 5 nitrogen and oxygen atoms in total. The molecule has 0 N–H and O–H groups in total. The molecule has 6 heteroatoms. The van der Waals surface area contributed by atoms with Gasteiger partial charge in [0.05, 0.1) is 17.4 Å². The van der Waals surface area contributed by atoms with Gasteiger partial charge in [0.25, 0.3) is 0 Å². The average Bonchev–Trinajstić information content (AvgIpc) is 2.99. The zero-order valence-corrected chi connectivity index (χ0v) is 18.8. The molecule has 31 heavy (non-hydrogen) atoms. The second-order valence-corrected chi connectivity index (χ2v) is 8.89. The Balaban J connectivity index is 1.77. The average molecular weight is 443 g/mol. The Hall–Kier alpha value is -2.66. The summed E-state index contributed by atoms with van der Waals surface area (Å²) in [5, 5.41) is 0.434. The van der Waals surface area contributed by atoms with E-state index in [9.17, 15) is 14.4 Å². The van der Waals surface area contributed by atoms with Crippen LogP contribution in [-0.2, 0) is 19.1 Å². The second-order valence-electron chi connectivity index (χ2n) is 8.46. The highest BCUT2D eigenvalue weighted by Crippen LogP contribution is 2.45. The van der Waals surface area contributed by atoms with Crippen LogP contribution in [-0.4, -0.2) is 29.9 Å². The number of cyclic esters (lactones) is 1. The third kappa shape index (κ3) is 5.53. The number of ether oxygens (including phenoxy) is 2. The van der Waals surface area contributed by atoms with Crippen molar-refractivity contribution in [1.29, 1.82) is 0 Å². The molecule has 0 aromatic heterocycles. The van der Waals surface area contributed by atoms with Crippen LogP contribution in [0, 0.1) is 5.41 Å². The Bertz CT molecular complexity index is 970. The molecular formula is C25H27ClO5. The van der Waals surface area contributed by atoms with Gasteiger partial charge in [-0.25, -0.2) is 4.79 Å². The predicted octanol–water partition coefficient (Wildman–Crippen LogP) is 5.39. The van der Waals surface area contributed by atoms with Gasteiger partial charge in [0.1, 0.15) is 12.2 Å². The number of esters is 2. The topological polar surface area (TPSA) is 69.7 Å². The lowest BCUT2D eigenvalue weighted by molar-refractivity contribution is -0.140. The fourth-order valence-electron chi connectivity index (χ4n) is 3.98.